The van der Waals surface area contributed by atoms with Gasteiger partial charge in [-0.25, -0.2) is 0 Å². The van der Waals surface area contributed by atoms with Crippen LogP contribution in [0.15, 0.2) is 53.4 Å². The van der Waals surface area contributed by atoms with E-state index in [1.807, 2.05) is 26.0 Å². The number of nitrogens with zero attached hydrogens (tertiary/aromatic N) is 1. The van der Waals surface area contributed by atoms with Crippen molar-refractivity contribution in [2.45, 2.75) is 51.6 Å². The molecule has 0 fully saturated rings. The lowest BCUT2D eigenvalue weighted by atomic mass is 10.1. The molecule has 0 saturated carbocycles. The molecule has 0 radical (unpaired) electrons. The van der Waals surface area contributed by atoms with E-state index >= 15 is 0 Å². The maximum atomic E-state index is 13.0. The molecule has 0 spiro atoms. The summed E-state index contributed by atoms with van der Waals surface area (Å²) in [5, 5.41) is 3.59. The fraction of sp³-hybridized carbons (Fsp3) is 0.417. The van der Waals surface area contributed by atoms with Crippen molar-refractivity contribution in [2.24, 2.45) is 5.92 Å². The van der Waals surface area contributed by atoms with Gasteiger partial charge in [-0.2, -0.15) is 0 Å². The average Bonchev–Trinajstić information content (AvgIpc) is 2.72. The third kappa shape index (κ3) is 8.04. The van der Waals surface area contributed by atoms with Crippen molar-refractivity contribution in [1.29, 1.82) is 0 Å². The summed E-state index contributed by atoms with van der Waals surface area (Å²) in [5.74, 6) is 0.862. The molecule has 0 aliphatic carbocycles. The number of aryl methyl sites for hydroxylation is 1. The van der Waals surface area contributed by atoms with Gasteiger partial charge in [0, 0.05) is 35.2 Å². The number of hydrogen-bond donors (Lipinski definition) is 1. The summed E-state index contributed by atoms with van der Waals surface area (Å²) in [6, 6.07) is 15.1. The van der Waals surface area contributed by atoms with Crippen LogP contribution in [-0.2, 0) is 16.1 Å². The second kappa shape index (κ2) is 12.0. The summed E-state index contributed by atoms with van der Waals surface area (Å²) < 4.78 is 0. The summed E-state index contributed by atoms with van der Waals surface area (Å²) in [5.41, 5.74) is 2.16. The van der Waals surface area contributed by atoms with Crippen molar-refractivity contribution in [1.82, 2.24) is 10.2 Å². The standard InChI is InChI=1S/C24H31ClN2O2S/c1-17(2)15-26-24(29)19(4)27(16-20-7-9-21(25)10-8-20)23(28)13-14-30-22-11-5-18(3)6-12-22/h5-12,17,19H,13-16H2,1-4H3,(H,26,29)/t19-/m0/s1. The van der Waals surface area contributed by atoms with Crippen molar-refractivity contribution in [2.75, 3.05) is 12.3 Å². The number of thioether (sulfide) groups is 1. The summed E-state index contributed by atoms with van der Waals surface area (Å²) in [6.07, 6.45) is 0.369. The smallest absolute Gasteiger partial charge is 0.242 e. The molecule has 1 atom stereocenters. The third-order valence-corrected chi connectivity index (χ3v) is 5.99. The number of halogens is 1. The highest BCUT2D eigenvalue weighted by molar-refractivity contribution is 7.99. The number of rotatable bonds is 10. The number of carbonyl (C=O) groups excluding carboxylic acids is 2. The molecule has 2 aromatic rings. The summed E-state index contributed by atoms with van der Waals surface area (Å²) in [7, 11) is 0. The Hall–Kier alpha value is -1.98. The topological polar surface area (TPSA) is 49.4 Å². The molecular formula is C24H31ClN2O2S. The van der Waals surface area contributed by atoms with Crippen LogP contribution in [0.1, 0.15) is 38.3 Å². The minimum Gasteiger partial charge on any atom is -0.354 e. The summed E-state index contributed by atoms with van der Waals surface area (Å²) in [6.45, 7) is 8.90. The van der Waals surface area contributed by atoms with E-state index in [4.69, 9.17) is 11.6 Å². The van der Waals surface area contributed by atoms with E-state index in [9.17, 15) is 9.59 Å². The molecule has 1 N–H and O–H groups in total. The van der Waals surface area contributed by atoms with Gasteiger partial charge < -0.3 is 10.2 Å². The zero-order chi connectivity index (χ0) is 22.1. The van der Waals surface area contributed by atoms with Crippen molar-refractivity contribution in [3.05, 3.63) is 64.7 Å². The number of carbonyl (C=O) groups is 2. The van der Waals surface area contributed by atoms with Gasteiger partial charge in [0.2, 0.25) is 11.8 Å². The number of nitrogens with one attached hydrogen (secondary N) is 1. The molecule has 4 nitrogen and oxygen atoms in total. The molecule has 6 heteroatoms. The maximum absolute atomic E-state index is 13.0. The van der Waals surface area contributed by atoms with Crippen molar-refractivity contribution in [3.63, 3.8) is 0 Å². The highest BCUT2D eigenvalue weighted by Gasteiger charge is 2.25. The van der Waals surface area contributed by atoms with E-state index in [-0.39, 0.29) is 11.8 Å². The lowest BCUT2D eigenvalue weighted by Crippen LogP contribution is -2.48. The van der Waals surface area contributed by atoms with Gasteiger partial charge in [0.05, 0.1) is 0 Å². The molecule has 0 aliphatic heterocycles. The Bertz CT molecular complexity index is 822. The zero-order valence-electron chi connectivity index (χ0n) is 18.2. The minimum atomic E-state index is -0.545. The molecular weight excluding hydrogens is 416 g/mol. The van der Waals surface area contributed by atoms with E-state index in [0.717, 1.165) is 10.5 Å². The van der Waals surface area contributed by atoms with Crippen LogP contribution in [0, 0.1) is 12.8 Å². The lowest BCUT2D eigenvalue weighted by Gasteiger charge is -2.29. The van der Waals surface area contributed by atoms with Crippen LogP contribution in [0.25, 0.3) is 0 Å². The van der Waals surface area contributed by atoms with E-state index in [0.29, 0.717) is 36.2 Å². The van der Waals surface area contributed by atoms with E-state index in [2.05, 4.69) is 36.5 Å². The molecule has 2 amide bonds. The Kier molecular flexibility index (Phi) is 9.73. The van der Waals surface area contributed by atoms with Gasteiger partial charge in [-0.15, -0.1) is 11.8 Å². The largest absolute Gasteiger partial charge is 0.354 e. The molecule has 0 aromatic heterocycles. The molecule has 2 aromatic carbocycles. The van der Waals surface area contributed by atoms with Crippen LogP contribution in [0.4, 0.5) is 0 Å². The SMILES string of the molecule is Cc1ccc(SCCC(=O)N(Cc2ccc(Cl)cc2)[C@@H](C)C(=O)NCC(C)C)cc1. The van der Waals surface area contributed by atoms with E-state index in [1.165, 1.54) is 5.56 Å². The first-order chi connectivity index (χ1) is 14.3. The molecule has 0 aliphatic rings. The predicted molar refractivity (Wildman–Crippen MR) is 126 cm³/mol. The second-order valence-electron chi connectivity index (χ2n) is 7.87. The fourth-order valence-corrected chi connectivity index (χ4v) is 3.82. The van der Waals surface area contributed by atoms with Crippen molar-refractivity contribution in [3.8, 4) is 0 Å². The lowest BCUT2D eigenvalue weighted by molar-refractivity contribution is -0.140. The Balaban J connectivity index is 2.04. The van der Waals surface area contributed by atoms with Gasteiger partial charge in [0.1, 0.15) is 6.04 Å². The first-order valence-electron chi connectivity index (χ1n) is 10.3. The quantitative estimate of drug-likeness (QED) is 0.502. The molecule has 30 heavy (non-hydrogen) atoms. The Morgan fingerprint density at radius 3 is 2.27 bits per heavy atom. The number of hydrogen-bond acceptors (Lipinski definition) is 3. The predicted octanol–water partition coefficient (Wildman–Crippen LogP) is 5.32. The Morgan fingerprint density at radius 1 is 1.03 bits per heavy atom. The molecule has 0 bridgehead atoms. The summed E-state index contributed by atoms with van der Waals surface area (Å²) in [4.78, 5) is 28.5. The van der Waals surface area contributed by atoms with Gasteiger partial charge in [-0.05, 0) is 49.6 Å². The van der Waals surface area contributed by atoms with Crippen LogP contribution in [0.3, 0.4) is 0 Å². The van der Waals surface area contributed by atoms with Crippen LogP contribution in [0.2, 0.25) is 5.02 Å². The van der Waals surface area contributed by atoms with Gasteiger partial charge in [-0.1, -0.05) is 55.3 Å². The van der Waals surface area contributed by atoms with Gasteiger partial charge in [-0.3, -0.25) is 9.59 Å². The van der Waals surface area contributed by atoms with Crippen LogP contribution in [-0.4, -0.2) is 35.1 Å². The van der Waals surface area contributed by atoms with E-state index < -0.39 is 6.04 Å². The number of amides is 2. The zero-order valence-corrected chi connectivity index (χ0v) is 19.7. The highest BCUT2D eigenvalue weighted by Crippen LogP contribution is 2.21. The molecule has 0 saturated heterocycles. The Morgan fingerprint density at radius 2 is 1.67 bits per heavy atom. The molecule has 2 rings (SSSR count). The van der Waals surface area contributed by atoms with Gasteiger partial charge in [0.15, 0.2) is 0 Å². The molecule has 0 unspecified atom stereocenters. The highest BCUT2D eigenvalue weighted by atomic mass is 35.5. The van der Waals surface area contributed by atoms with Gasteiger partial charge >= 0.3 is 0 Å². The van der Waals surface area contributed by atoms with Crippen LogP contribution in [0.5, 0.6) is 0 Å². The van der Waals surface area contributed by atoms with Crippen molar-refractivity contribution >= 4 is 35.2 Å². The monoisotopic (exact) mass is 446 g/mol. The average molecular weight is 447 g/mol. The van der Waals surface area contributed by atoms with Crippen LogP contribution >= 0.6 is 23.4 Å². The first kappa shape index (κ1) is 24.3. The normalized spacial score (nSPS) is 11.9. The van der Waals surface area contributed by atoms with E-state index in [1.54, 1.807) is 35.7 Å². The molecule has 162 valence electrons. The summed E-state index contributed by atoms with van der Waals surface area (Å²) >= 11 is 7.64. The third-order valence-electron chi connectivity index (χ3n) is 4.72. The Labute approximate surface area is 189 Å². The molecule has 0 heterocycles. The first-order valence-corrected chi connectivity index (χ1v) is 11.6. The van der Waals surface area contributed by atoms with Gasteiger partial charge in [0.25, 0.3) is 0 Å². The van der Waals surface area contributed by atoms with Crippen LogP contribution < -0.4 is 5.32 Å². The van der Waals surface area contributed by atoms with Crippen molar-refractivity contribution < 1.29 is 9.59 Å². The maximum Gasteiger partial charge on any atom is 0.242 e. The fourth-order valence-electron chi connectivity index (χ4n) is 2.86. The number of benzene rings is 2. The second-order valence-corrected chi connectivity index (χ2v) is 9.48. The minimum absolute atomic E-state index is 0.0308.